The molecular weight excluding hydrogens is 184 g/mol. The Bertz CT molecular complexity index is 450. The van der Waals surface area contributed by atoms with Crippen molar-refractivity contribution in [2.75, 3.05) is 0 Å². The molecule has 0 N–H and O–H groups in total. The molecule has 0 atom stereocenters. The van der Waals surface area contributed by atoms with Crippen molar-refractivity contribution in [1.82, 2.24) is 4.37 Å². The molecule has 2 aromatic heterocycles. The lowest BCUT2D eigenvalue weighted by Crippen LogP contribution is -1.77. The van der Waals surface area contributed by atoms with E-state index in [-0.39, 0.29) is 0 Å². The summed E-state index contributed by atoms with van der Waals surface area (Å²) in [6, 6.07) is 5.74. The molecule has 0 saturated carbocycles. The molecule has 0 aliphatic rings. The van der Waals surface area contributed by atoms with E-state index >= 15 is 0 Å². The van der Waals surface area contributed by atoms with E-state index in [0.29, 0.717) is 11.3 Å². The average molecular weight is 190 g/mol. The van der Waals surface area contributed by atoms with Crippen LogP contribution in [0.4, 0.5) is 0 Å². The van der Waals surface area contributed by atoms with Gasteiger partial charge in [0.05, 0.1) is 17.5 Å². The Hall–Kier alpha value is -1.60. The highest BCUT2D eigenvalue weighted by molar-refractivity contribution is 7.09. The maximum absolute atomic E-state index is 8.86. The van der Waals surface area contributed by atoms with E-state index < -0.39 is 0 Å². The van der Waals surface area contributed by atoms with Crippen LogP contribution in [0.25, 0.3) is 10.6 Å². The van der Waals surface area contributed by atoms with Crippen molar-refractivity contribution in [2.24, 2.45) is 0 Å². The van der Waals surface area contributed by atoms with Crippen LogP contribution in [-0.4, -0.2) is 4.37 Å². The quantitative estimate of drug-likeness (QED) is 0.694. The molecule has 0 fully saturated rings. The molecule has 0 bridgehead atoms. The van der Waals surface area contributed by atoms with Crippen molar-refractivity contribution in [2.45, 2.75) is 6.92 Å². The van der Waals surface area contributed by atoms with E-state index in [9.17, 15) is 0 Å². The first-order chi connectivity index (χ1) is 6.33. The largest absolute Gasteiger partial charge is 0.463 e. The third kappa shape index (κ3) is 1.23. The topological polar surface area (TPSA) is 49.8 Å². The lowest BCUT2D eigenvalue weighted by molar-refractivity contribution is 0.583. The van der Waals surface area contributed by atoms with Crippen molar-refractivity contribution in [1.29, 1.82) is 5.26 Å². The number of hydrogen-bond donors (Lipinski definition) is 0. The third-order valence-corrected chi connectivity index (χ3v) is 2.67. The summed E-state index contributed by atoms with van der Waals surface area (Å²) in [5, 5.41) is 8.86. The van der Waals surface area contributed by atoms with Crippen molar-refractivity contribution >= 4 is 11.5 Å². The summed E-state index contributed by atoms with van der Waals surface area (Å²) in [5.41, 5.74) is 1.37. The number of nitrogens with zero attached hydrogens (tertiary/aromatic N) is 2. The molecule has 0 saturated heterocycles. The van der Waals surface area contributed by atoms with Crippen LogP contribution in [0.1, 0.15) is 11.3 Å². The lowest BCUT2D eigenvalue weighted by atomic mass is 10.2. The van der Waals surface area contributed by atoms with Crippen LogP contribution in [0.15, 0.2) is 22.8 Å². The monoisotopic (exact) mass is 190 g/mol. The molecule has 0 radical (unpaired) electrons. The first-order valence-corrected chi connectivity index (χ1v) is 4.50. The average Bonchev–Trinajstić information content (AvgIpc) is 2.71. The molecule has 0 unspecified atom stereocenters. The molecule has 0 amide bonds. The zero-order chi connectivity index (χ0) is 9.26. The van der Waals surface area contributed by atoms with Gasteiger partial charge in [-0.05, 0) is 30.6 Å². The first-order valence-electron chi connectivity index (χ1n) is 3.73. The van der Waals surface area contributed by atoms with Crippen LogP contribution in [0, 0.1) is 18.3 Å². The molecular formula is C9H6N2OS. The molecule has 0 aliphatic heterocycles. The molecule has 4 heteroatoms. The Morgan fingerprint density at radius 2 is 2.46 bits per heavy atom. The van der Waals surface area contributed by atoms with Crippen LogP contribution in [0.2, 0.25) is 0 Å². The minimum Gasteiger partial charge on any atom is -0.463 e. The summed E-state index contributed by atoms with van der Waals surface area (Å²) in [4.78, 5) is 0.810. The second kappa shape index (κ2) is 3.04. The Morgan fingerprint density at radius 1 is 1.62 bits per heavy atom. The molecule has 13 heavy (non-hydrogen) atoms. The fourth-order valence-electron chi connectivity index (χ4n) is 1.08. The Balaban J connectivity index is 2.60. The maximum Gasteiger partial charge on any atom is 0.146 e. The molecule has 0 aliphatic carbocycles. The summed E-state index contributed by atoms with van der Waals surface area (Å²) in [6.07, 6.45) is 1.59. The van der Waals surface area contributed by atoms with E-state index in [0.717, 1.165) is 10.6 Å². The number of rotatable bonds is 1. The third-order valence-electron chi connectivity index (χ3n) is 1.72. The normalized spacial score (nSPS) is 9.85. The highest BCUT2D eigenvalue weighted by Crippen LogP contribution is 2.29. The summed E-state index contributed by atoms with van der Waals surface area (Å²) >= 11 is 1.29. The predicted octanol–water partition coefficient (Wildman–Crippen LogP) is 2.58. The van der Waals surface area contributed by atoms with Crippen LogP contribution in [-0.2, 0) is 0 Å². The molecule has 0 spiro atoms. The summed E-state index contributed by atoms with van der Waals surface area (Å²) in [5.74, 6) is 0.710. The van der Waals surface area contributed by atoms with Gasteiger partial charge in [-0.15, -0.1) is 0 Å². The SMILES string of the molecule is Cc1nsc(-c2ccco2)c1C#N. The lowest BCUT2D eigenvalue weighted by Gasteiger charge is -1.89. The minimum absolute atomic E-state index is 0.611. The van der Waals surface area contributed by atoms with E-state index in [1.807, 2.05) is 13.0 Å². The van der Waals surface area contributed by atoms with Gasteiger partial charge in [-0.1, -0.05) is 0 Å². The van der Waals surface area contributed by atoms with Gasteiger partial charge in [0.25, 0.3) is 0 Å². The van der Waals surface area contributed by atoms with E-state index in [2.05, 4.69) is 10.4 Å². The Labute approximate surface area is 79.4 Å². The molecule has 0 aromatic carbocycles. The minimum atomic E-state index is 0.611. The fourth-order valence-corrected chi connectivity index (χ4v) is 1.89. The second-order valence-corrected chi connectivity index (χ2v) is 3.33. The van der Waals surface area contributed by atoms with Crippen molar-refractivity contribution in [3.05, 3.63) is 29.7 Å². The molecule has 2 heterocycles. The first kappa shape index (κ1) is 8.02. The van der Waals surface area contributed by atoms with Gasteiger partial charge in [-0.2, -0.15) is 9.64 Å². The van der Waals surface area contributed by atoms with Gasteiger partial charge in [-0.3, -0.25) is 0 Å². The smallest absolute Gasteiger partial charge is 0.146 e. The van der Waals surface area contributed by atoms with E-state index in [1.54, 1.807) is 12.3 Å². The number of furan rings is 1. The van der Waals surface area contributed by atoms with Crippen LogP contribution >= 0.6 is 11.5 Å². The van der Waals surface area contributed by atoms with Gasteiger partial charge in [0, 0.05) is 0 Å². The predicted molar refractivity (Wildman–Crippen MR) is 49.3 cm³/mol. The zero-order valence-corrected chi connectivity index (χ0v) is 7.76. The number of aromatic nitrogens is 1. The zero-order valence-electron chi connectivity index (χ0n) is 6.94. The fraction of sp³-hybridized carbons (Fsp3) is 0.111. The number of hydrogen-bond acceptors (Lipinski definition) is 4. The van der Waals surface area contributed by atoms with Gasteiger partial charge < -0.3 is 4.42 Å². The molecule has 64 valence electrons. The van der Waals surface area contributed by atoms with Crippen LogP contribution in [0.5, 0.6) is 0 Å². The van der Waals surface area contributed by atoms with Gasteiger partial charge in [0.2, 0.25) is 0 Å². The molecule has 2 rings (SSSR count). The standard InChI is InChI=1S/C9H6N2OS/c1-6-7(5-10)9(13-11-6)8-3-2-4-12-8/h2-4H,1H3. The van der Waals surface area contributed by atoms with Crippen LogP contribution in [0.3, 0.4) is 0 Å². The van der Waals surface area contributed by atoms with Crippen molar-refractivity contribution in [3.63, 3.8) is 0 Å². The highest BCUT2D eigenvalue weighted by atomic mass is 32.1. The van der Waals surface area contributed by atoms with Gasteiger partial charge >= 0.3 is 0 Å². The van der Waals surface area contributed by atoms with Gasteiger partial charge in [0.1, 0.15) is 16.7 Å². The van der Waals surface area contributed by atoms with E-state index in [4.69, 9.17) is 9.68 Å². The summed E-state index contributed by atoms with van der Waals surface area (Å²) < 4.78 is 9.30. The van der Waals surface area contributed by atoms with Crippen molar-refractivity contribution in [3.8, 4) is 16.7 Å². The second-order valence-electron chi connectivity index (χ2n) is 2.56. The van der Waals surface area contributed by atoms with E-state index in [1.165, 1.54) is 11.5 Å². The van der Waals surface area contributed by atoms with Crippen LogP contribution < -0.4 is 0 Å². The number of aryl methyl sites for hydroxylation is 1. The summed E-state index contributed by atoms with van der Waals surface area (Å²) in [7, 11) is 0. The summed E-state index contributed by atoms with van der Waals surface area (Å²) in [6.45, 7) is 1.82. The molecule has 2 aromatic rings. The number of nitriles is 1. The Kier molecular flexibility index (Phi) is 1.87. The Morgan fingerprint density at radius 3 is 3.08 bits per heavy atom. The van der Waals surface area contributed by atoms with Crippen molar-refractivity contribution < 1.29 is 4.42 Å². The molecule has 3 nitrogen and oxygen atoms in total. The van der Waals surface area contributed by atoms with Gasteiger partial charge in [-0.25, -0.2) is 0 Å². The van der Waals surface area contributed by atoms with Gasteiger partial charge in [0.15, 0.2) is 0 Å². The highest BCUT2D eigenvalue weighted by Gasteiger charge is 2.13. The maximum atomic E-state index is 8.86.